The number of nitrogens with zero attached hydrogens (tertiary/aromatic N) is 9. The Morgan fingerprint density at radius 3 is 2.47 bits per heavy atom. The quantitative estimate of drug-likeness (QED) is 0.0947. The number of carbonyl (C=O) groups is 4. The van der Waals surface area contributed by atoms with Gasteiger partial charge in [0.1, 0.15) is 5.82 Å². The summed E-state index contributed by atoms with van der Waals surface area (Å²) in [5.74, 6) is -2.95. The highest BCUT2D eigenvalue weighted by Gasteiger charge is 2.33. The second-order valence-electron chi connectivity index (χ2n) is 16.3. The van der Waals surface area contributed by atoms with Crippen LogP contribution >= 0.6 is 12.1 Å². The molecule has 2 aromatic heterocycles. The second-order valence-corrected chi connectivity index (χ2v) is 17.3. The van der Waals surface area contributed by atoms with Crippen molar-refractivity contribution in [2.45, 2.75) is 44.9 Å². The molecule has 19 heteroatoms. The number of nitrogens with one attached hydrogen (secondary N) is 3. The summed E-state index contributed by atoms with van der Waals surface area (Å²) in [6, 6.07) is 8.48. The molecule has 0 spiro atoms. The molecule has 3 amide bonds. The van der Waals surface area contributed by atoms with Gasteiger partial charge in [-0.05, 0) is 74.2 Å². The molecule has 6 heterocycles. The van der Waals surface area contributed by atoms with Gasteiger partial charge in [0, 0.05) is 124 Å². The summed E-state index contributed by atoms with van der Waals surface area (Å²) in [6.45, 7) is 10.5. The largest absolute Gasteiger partial charge is 0.371 e. The molecule has 1 unspecified atom stereocenters. The summed E-state index contributed by atoms with van der Waals surface area (Å²) < 4.78 is 36.9. The maximum Gasteiger partial charge on any atom is 0.235 e. The number of aryl methyl sites for hydroxylation is 1. The van der Waals surface area contributed by atoms with E-state index < -0.39 is 28.9 Å². The molecule has 4 aliphatic heterocycles. The number of allylic oxidation sites excluding steroid dienone is 4. The van der Waals surface area contributed by atoms with E-state index in [2.05, 4.69) is 59.2 Å². The van der Waals surface area contributed by atoms with E-state index in [1.54, 1.807) is 30.2 Å². The van der Waals surface area contributed by atoms with Crippen LogP contribution in [0.4, 0.5) is 26.1 Å². The number of hydrazone groups is 1. The molecule has 4 aliphatic rings. The normalized spacial score (nSPS) is 20.0. The number of rotatable bonds is 12. The van der Waals surface area contributed by atoms with Crippen molar-refractivity contribution in [2.75, 3.05) is 67.4 Å². The fourth-order valence-corrected chi connectivity index (χ4v) is 8.92. The number of Topliss-reactive ketones (excluding diaryl/α,β-unsaturated/α-hetero) is 1. The smallest absolute Gasteiger partial charge is 0.235 e. The molecule has 3 fully saturated rings. The topological polar surface area (TPSA) is 173 Å². The average Bonchev–Trinajstić information content (AvgIpc) is 3.62. The number of ketones is 1. The van der Waals surface area contributed by atoms with Crippen molar-refractivity contribution < 1.29 is 28.0 Å². The number of halogens is 2. The summed E-state index contributed by atoms with van der Waals surface area (Å²) in [6.07, 6.45) is 10.7. The number of anilines is 3. The van der Waals surface area contributed by atoms with Gasteiger partial charge in [0.2, 0.25) is 29.5 Å². The Balaban J connectivity index is 0.825. The zero-order valence-electron chi connectivity index (χ0n) is 35.9. The maximum absolute atomic E-state index is 15.5. The standard InChI is InChI=1S/C45H50F2N12O4S/c1-5-55(3)64-54-36-10-9-35(46)40(41(36)47)43(62)34-26-51-50-25-29(20-27(34)2)30-23-48-45(49-24-30)59-18-16-58(17-19-59)39(61)21-28-12-14-57(15-13-28)31-6-7-32-37(22-31)56(4)53-42(32)33-8-11-38(60)52-44(33)63/h6-7,9-10,20,22-26,28,33,51,54H,2,5,8,11-19,21H2,1,3-4H3,(H,52,60,63)/b29-20+,34-26?,50-25-. The van der Waals surface area contributed by atoms with E-state index in [1.165, 1.54) is 18.5 Å². The van der Waals surface area contributed by atoms with Crippen molar-refractivity contribution >= 4 is 75.7 Å². The summed E-state index contributed by atoms with van der Waals surface area (Å²) in [5.41, 5.74) is 5.87. The minimum atomic E-state index is -1.01. The van der Waals surface area contributed by atoms with E-state index in [0.29, 0.717) is 74.8 Å². The van der Waals surface area contributed by atoms with Gasteiger partial charge in [-0.2, -0.15) is 10.2 Å². The van der Waals surface area contributed by atoms with Crippen molar-refractivity contribution in [3.63, 3.8) is 0 Å². The predicted molar refractivity (Wildman–Crippen MR) is 243 cm³/mol. The molecule has 1 atom stereocenters. The number of benzene rings is 2. The van der Waals surface area contributed by atoms with Crippen LogP contribution < -0.4 is 25.3 Å². The zero-order valence-corrected chi connectivity index (χ0v) is 36.8. The molecule has 0 radical (unpaired) electrons. The minimum Gasteiger partial charge on any atom is -0.371 e. The molecule has 3 saturated heterocycles. The fraction of sp³-hybridized carbons (Fsp3) is 0.378. The van der Waals surface area contributed by atoms with Crippen LogP contribution in [0.15, 0.2) is 77.8 Å². The first-order valence-corrected chi connectivity index (χ1v) is 22.1. The van der Waals surface area contributed by atoms with Gasteiger partial charge >= 0.3 is 0 Å². The monoisotopic (exact) mass is 892 g/mol. The third-order valence-corrected chi connectivity index (χ3v) is 13.1. The van der Waals surface area contributed by atoms with Gasteiger partial charge in [-0.15, -0.1) is 0 Å². The van der Waals surface area contributed by atoms with Crippen LogP contribution in [0.3, 0.4) is 0 Å². The van der Waals surface area contributed by atoms with Gasteiger partial charge in [-0.3, -0.25) is 34.6 Å². The summed E-state index contributed by atoms with van der Waals surface area (Å²) in [5, 5.41) is 12.2. The van der Waals surface area contributed by atoms with Crippen LogP contribution in [0.5, 0.6) is 0 Å². The van der Waals surface area contributed by atoms with Gasteiger partial charge in [-0.25, -0.2) is 23.1 Å². The zero-order chi connectivity index (χ0) is 45.1. The Bertz CT molecular complexity index is 2580. The van der Waals surface area contributed by atoms with E-state index in [9.17, 15) is 23.6 Å². The molecule has 3 N–H and O–H groups in total. The average molecular weight is 893 g/mol. The Morgan fingerprint density at radius 2 is 1.75 bits per heavy atom. The van der Waals surface area contributed by atoms with E-state index in [-0.39, 0.29) is 40.5 Å². The number of hydrogen-bond acceptors (Lipinski definition) is 14. The maximum atomic E-state index is 15.5. The molecular weight excluding hydrogens is 843 g/mol. The third kappa shape index (κ3) is 9.40. The van der Waals surface area contributed by atoms with Crippen LogP contribution in [-0.2, 0) is 21.4 Å². The molecule has 0 aliphatic carbocycles. The Kier molecular flexibility index (Phi) is 13.2. The lowest BCUT2D eigenvalue weighted by atomic mass is 9.91. The van der Waals surface area contributed by atoms with E-state index >= 15 is 4.39 Å². The Hall–Kier alpha value is -6.47. The highest BCUT2D eigenvalue weighted by atomic mass is 32.2. The first-order valence-electron chi connectivity index (χ1n) is 21.4. The lowest BCUT2D eigenvalue weighted by Crippen LogP contribution is -2.49. The molecule has 8 rings (SSSR count). The van der Waals surface area contributed by atoms with E-state index in [1.807, 2.05) is 34.1 Å². The number of piperazine rings is 1. The highest BCUT2D eigenvalue weighted by Crippen LogP contribution is 2.34. The molecule has 0 saturated carbocycles. The van der Waals surface area contributed by atoms with Gasteiger partial charge in [0.05, 0.1) is 34.6 Å². The SMILES string of the molecule is C=C1/C=C(c2cnc(N3CCN(C(=O)CC4CCN(c5ccc6c(C7CCC(=O)NC7=O)nn(C)c6c5)CC4)CC3)nc2)\C=N/NC=C1C(=O)c1c(F)ccc(NSN(C)CC)c1F. The minimum absolute atomic E-state index is 0.0316. The number of aromatic nitrogens is 4. The Morgan fingerprint density at radius 1 is 1.00 bits per heavy atom. The van der Waals surface area contributed by atoms with E-state index in [0.717, 1.165) is 60.7 Å². The fourth-order valence-electron chi connectivity index (χ4n) is 8.38. The van der Waals surface area contributed by atoms with Gasteiger partial charge in [-0.1, -0.05) is 13.5 Å². The molecule has 4 aromatic rings. The highest BCUT2D eigenvalue weighted by molar-refractivity contribution is 7.98. The summed E-state index contributed by atoms with van der Waals surface area (Å²) >= 11 is 1.12. The molecule has 0 bridgehead atoms. The van der Waals surface area contributed by atoms with Crippen LogP contribution in [-0.4, -0.2) is 112 Å². The number of carbonyl (C=O) groups excluding carboxylic acids is 4. The molecule has 16 nitrogen and oxygen atoms in total. The van der Waals surface area contributed by atoms with Gasteiger partial charge < -0.3 is 19.4 Å². The van der Waals surface area contributed by atoms with Crippen LogP contribution in [0.2, 0.25) is 0 Å². The van der Waals surface area contributed by atoms with Crippen molar-refractivity contribution in [1.82, 2.24) is 39.7 Å². The van der Waals surface area contributed by atoms with Crippen LogP contribution in [0.1, 0.15) is 66.6 Å². The van der Waals surface area contributed by atoms with Gasteiger partial charge in [0.25, 0.3) is 0 Å². The second kappa shape index (κ2) is 19.1. The summed E-state index contributed by atoms with van der Waals surface area (Å²) in [7, 11) is 3.68. The Labute approximate surface area is 373 Å². The lowest BCUT2D eigenvalue weighted by Gasteiger charge is -2.37. The first-order chi connectivity index (χ1) is 30.9. The lowest BCUT2D eigenvalue weighted by molar-refractivity contribution is -0.134. The van der Waals surface area contributed by atoms with Crippen molar-refractivity contribution in [2.24, 2.45) is 18.1 Å². The predicted octanol–water partition coefficient (Wildman–Crippen LogP) is 5.34. The van der Waals surface area contributed by atoms with Crippen molar-refractivity contribution in [3.8, 4) is 0 Å². The number of amides is 3. The number of piperidine rings is 2. The first kappa shape index (κ1) is 44.1. The van der Waals surface area contributed by atoms with Crippen LogP contribution in [0.25, 0.3) is 16.5 Å². The number of imide groups is 1. The van der Waals surface area contributed by atoms with E-state index in [4.69, 9.17) is 0 Å². The number of hydrogen-bond donors (Lipinski definition) is 3. The molecular formula is C45H50F2N12O4S. The van der Waals surface area contributed by atoms with Crippen molar-refractivity contribution in [1.29, 1.82) is 0 Å². The third-order valence-electron chi connectivity index (χ3n) is 12.2. The van der Waals surface area contributed by atoms with Crippen LogP contribution in [0, 0.1) is 17.6 Å². The molecule has 334 valence electrons. The van der Waals surface area contributed by atoms with Crippen molar-refractivity contribution in [3.05, 3.63) is 101 Å². The number of fused-ring (bicyclic) bond motifs is 1. The molecule has 64 heavy (non-hydrogen) atoms. The molecule has 2 aromatic carbocycles. The van der Waals surface area contributed by atoms with Gasteiger partial charge in [0.15, 0.2) is 5.82 Å². The summed E-state index contributed by atoms with van der Waals surface area (Å²) in [4.78, 5) is 66.8.